The Kier molecular flexibility index (Phi) is 11.1. The van der Waals surface area contributed by atoms with Crippen molar-refractivity contribution >= 4 is 77.9 Å². The second kappa shape index (κ2) is 19.0. The first-order valence-electron chi connectivity index (χ1n) is 25.5. The van der Waals surface area contributed by atoms with Crippen LogP contribution in [0.2, 0.25) is 0 Å². The summed E-state index contributed by atoms with van der Waals surface area (Å²) in [5.74, 6) is 1.08. The molecule has 0 saturated carbocycles. The number of aromatic nitrogens is 2. The Labute approximate surface area is 439 Å². The Morgan fingerprint density at radius 2 is 0.553 bits per heavy atom. The van der Waals surface area contributed by atoms with Gasteiger partial charge < -0.3 is 18.6 Å². The van der Waals surface area contributed by atoms with Crippen molar-refractivity contribution in [1.29, 1.82) is 0 Å². The molecule has 12 aromatic carbocycles. The van der Waals surface area contributed by atoms with Crippen LogP contribution < -0.4 is 9.80 Å². The third kappa shape index (κ3) is 8.30. The highest BCUT2D eigenvalue weighted by molar-refractivity contribution is 6.00. The molecular weight excluding hydrogens is 929 g/mol. The SMILES string of the molecule is c1ccc(N(c2ccc(-c3ccc4ccccc4c3)cc2)c2ccc(-c3nc4cccc(-c5cccc6nc(-c7ccc(N(c8ccccc8)c8ccc(-c9ccc%10ccccc%10c9)cc8)cc7)oc56)c4o3)cc2)cc1. The van der Waals surface area contributed by atoms with Crippen molar-refractivity contribution in [3.05, 3.63) is 279 Å². The minimum Gasteiger partial charge on any atom is -0.435 e. The van der Waals surface area contributed by atoms with E-state index >= 15 is 0 Å². The van der Waals surface area contributed by atoms with Gasteiger partial charge in [-0.2, -0.15) is 0 Å². The molecule has 0 atom stereocenters. The monoisotopic (exact) mass is 974 g/mol. The van der Waals surface area contributed by atoms with Crippen LogP contribution >= 0.6 is 0 Å². The zero-order chi connectivity index (χ0) is 50.4. The van der Waals surface area contributed by atoms with Gasteiger partial charge in [0.25, 0.3) is 0 Å². The molecule has 0 amide bonds. The highest BCUT2D eigenvalue weighted by atomic mass is 16.4. The Balaban J connectivity index is 0.741. The molecule has 6 heteroatoms. The molecule has 14 rings (SSSR count). The summed E-state index contributed by atoms with van der Waals surface area (Å²) in [7, 11) is 0. The van der Waals surface area contributed by atoms with Crippen LogP contribution in [0.15, 0.2) is 288 Å². The van der Waals surface area contributed by atoms with Crippen LogP contribution in [0.3, 0.4) is 0 Å². The van der Waals surface area contributed by atoms with Crippen molar-refractivity contribution in [2.24, 2.45) is 0 Å². The average molecular weight is 975 g/mol. The van der Waals surface area contributed by atoms with Crippen LogP contribution in [0.4, 0.5) is 34.1 Å². The molecule has 0 fully saturated rings. The molecule has 2 aromatic heterocycles. The van der Waals surface area contributed by atoms with E-state index < -0.39 is 0 Å². The van der Waals surface area contributed by atoms with Gasteiger partial charge in [0.05, 0.1) is 0 Å². The Hall–Kier alpha value is -10.3. The summed E-state index contributed by atoms with van der Waals surface area (Å²) in [6.07, 6.45) is 0. The summed E-state index contributed by atoms with van der Waals surface area (Å²) in [5.41, 5.74) is 17.4. The number of hydrogen-bond donors (Lipinski definition) is 0. The summed E-state index contributed by atoms with van der Waals surface area (Å²) in [6.45, 7) is 0. The van der Waals surface area contributed by atoms with Crippen LogP contribution in [0.25, 0.3) is 100 Å². The molecule has 6 nitrogen and oxygen atoms in total. The van der Waals surface area contributed by atoms with E-state index in [0.29, 0.717) is 22.9 Å². The van der Waals surface area contributed by atoms with Gasteiger partial charge in [0.2, 0.25) is 11.8 Å². The van der Waals surface area contributed by atoms with Gasteiger partial charge in [0.1, 0.15) is 11.0 Å². The zero-order valence-corrected chi connectivity index (χ0v) is 41.2. The number of hydrogen-bond acceptors (Lipinski definition) is 6. The van der Waals surface area contributed by atoms with Crippen LogP contribution in [0.5, 0.6) is 0 Å². The van der Waals surface area contributed by atoms with Crippen LogP contribution in [-0.4, -0.2) is 9.97 Å². The van der Waals surface area contributed by atoms with Crippen LogP contribution in [0, 0.1) is 0 Å². The van der Waals surface area contributed by atoms with Crippen molar-refractivity contribution in [2.45, 2.75) is 0 Å². The van der Waals surface area contributed by atoms with Gasteiger partial charge in [-0.15, -0.1) is 0 Å². The van der Waals surface area contributed by atoms with Gasteiger partial charge in [-0.05, 0) is 165 Å². The number of oxazole rings is 2. The number of fused-ring (bicyclic) bond motifs is 4. The predicted octanol–water partition coefficient (Wildman–Crippen LogP) is 19.6. The van der Waals surface area contributed by atoms with Crippen molar-refractivity contribution < 1.29 is 8.83 Å². The van der Waals surface area contributed by atoms with E-state index in [1.54, 1.807) is 0 Å². The molecule has 0 unspecified atom stereocenters. The highest BCUT2D eigenvalue weighted by Crippen LogP contribution is 2.42. The molecule has 0 radical (unpaired) electrons. The van der Waals surface area contributed by atoms with Crippen molar-refractivity contribution in [3.8, 4) is 56.3 Å². The molecule has 358 valence electrons. The van der Waals surface area contributed by atoms with Crippen LogP contribution in [-0.2, 0) is 0 Å². The third-order valence-electron chi connectivity index (χ3n) is 14.3. The van der Waals surface area contributed by atoms with E-state index in [4.69, 9.17) is 18.8 Å². The highest BCUT2D eigenvalue weighted by Gasteiger charge is 2.21. The zero-order valence-electron chi connectivity index (χ0n) is 41.2. The molecule has 0 bridgehead atoms. The molecule has 0 N–H and O–H groups in total. The normalized spacial score (nSPS) is 11.4. The first-order chi connectivity index (χ1) is 37.6. The Morgan fingerprint density at radius 1 is 0.237 bits per heavy atom. The molecule has 0 spiro atoms. The molecule has 76 heavy (non-hydrogen) atoms. The lowest BCUT2D eigenvalue weighted by atomic mass is 10.0. The number of nitrogens with zero attached hydrogens (tertiary/aromatic N) is 4. The van der Waals surface area contributed by atoms with Gasteiger partial charge in [-0.25, -0.2) is 9.97 Å². The van der Waals surface area contributed by atoms with Gasteiger partial charge in [0.15, 0.2) is 11.2 Å². The maximum atomic E-state index is 6.69. The molecule has 0 aliphatic rings. The molecule has 0 aliphatic heterocycles. The first kappa shape index (κ1) is 44.4. The standard InChI is InChI=1S/C70H46N4O2/c1-3-17-57(18-4-1)73(59-37-29-49(30-38-59)55-27-25-47-13-7-9-15-53(47)45-55)61-41-33-51(34-42-61)69-71-65-23-11-21-63(67(65)75-69)64-22-12-24-66-68(64)76-70(72-66)52-35-43-62(44-36-52)74(58-19-5-2-6-20-58)60-39-31-50(32-40-60)56-28-26-48-14-8-10-16-54(48)46-56/h1-46H. The number of benzene rings is 12. The largest absolute Gasteiger partial charge is 0.435 e. The summed E-state index contributed by atoms with van der Waals surface area (Å²) < 4.78 is 13.4. The van der Waals surface area contributed by atoms with Gasteiger partial charge >= 0.3 is 0 Å². The summed E-state index contributed by atoms with van der Waals surface area (Å²) in [5, 5.41) is 4.93. The number of rotatable bonds is 11. The van der Waals surface area contributed by atoms with E-state index in [-0.39, 0.29) is 0 Å². The lowest BCUT2D eigenvalue weighted by Crippen LogP contribution is -2.09. The topological polar surface area (TPSA) is 58.5 Å². The maximum Gasteiger partial charge on any atom is 0.227 e. The second-order valence-electron chi connectivity index (χ2n) is 19.0. The van der Waals surface area contributed by atoms with E-state index in [2.05, 4.69) is 252 Å². The first-order valence-corrected chi connectivity index (χ1v) is 25.5. The smallest absolute Gasteiger partial charge is 0.227 e. The average Bonchev–Trinajstić information content (AvgIpc) is 4.15. The minimum atomic E-state index is 0.538. The number of anilines is 6. The lowest BCUT2D eigenvalue weighted by Gasteiger charge is -2.25. The van der Waals surface area contributed by atoms with Crippen molar-refractivity contribution in [3.63, 3.8) is 0 Å². The predicted molar refractivity (Wildman–Crippen MR) is 313 cm³/mol. The van der Waals surface area contributed by atoms with Crippen molar-refractivity contribution in [1.82, 2.24) is 9.97 Å². The second-order valence-corrected chi connectivity index (χ2v) is 19.0. The maximum absolute atomic E-state index is 6.69. The van der Waals surface area contributed by atoms with E-state index in [1.807, 2.05) is 36.4 Å². The summed E-state index contributed by atoms with van der Waals surface area (Å²) in [4.78, 5) is 14.6. The molecule has 14 aromatic rings. The summed E-state index contributed by atoms with van der Waals surface area (Å²) in [6, 6.07) is 97.7. The van der Waals surface area contributed by atoms with Gasteiger partial charge in [-0.1, -0.05) is 158 Å². The van der Waals surface area contributed by atoms with E-state index in [0.717, 1.165) is 67.4 Å². The van der Waals surface area contributed by atoms with Gasteiger partial charge in [-0.3, -0.25) is 0 Å². The van der Waals surface area contributed by atoms with Crippen LogP contribution in [0.1, 0.15) is 0 Å². The third-order valence-corrected chi connectivity index (χ3v) is 14.3. The fourth-order valence-electron chi connectivity index (χ4n) is 10.5. The fraction of sp³-hybridized carbons (Fsp3) is 0. The minimum absolute atomic E-state index is 0.538. The van der Waals surface area contributed by atoms with E-state index in [1.165, 1.54) is 43.8 Å². The van der Waals surface area contributed by atoms with Gasteiger partial charge in [0, 0.05) is 56.4 Å². The lowest BCUT2D eigenvalue weighted by molar-refractivity contribution is 0.616. The summed E-state index contributed by atoms with van der Waals surface area (Å²) >= 11 is 0. The molecule has 2 heterocycles. The Bertz CT molecular complexity index is 4090. The molecule has 0 aliphatic carbocycles. The Morgan fingerprint density at radius 3 is 0.934 bits per heavy atom. The number of para-hydroxylation sites is 4. The molecular formula is C70H46N4O2. The quantitative estimate of drug-likeness (QED) is 0.129. The molecule has 0 saturated heterocycles. The fourth-order valence-corrected chi connectivity index (χ4v) is 10.5. The van der Waals surface area contributed by atoms with Crippen molar-refractivity contribution in [2.75, 3.05) is 9.80 Å². The van der Waals surface area contributed by atoms with E-state index in [9.17, 15) is 0 Å².